The van der Waals surface area contributed by atoms with E-state index in [1.165, 1.54) is 60.9 Å². The molecule has 4 rings (SSSR count). The highest BCUT2D eigenvalue weighted by Crippen LogP contribution is 2.31. The first-order valence-electron chi connectivity index (χ1n) is 12.2. The Labute approximate surface area is 224 Å². The van der Waals surface area contributed by atoms with Crippen molar-refractivity contribution >= 4 is 37.3 Å². The second-order valence-corrected chi connectivity index (χ2v) is 13.0. The van der Waals surface area contributed by atoms with Crippen LogP contribution >= 0.6 is 0 Å². The summed E-state index contributed by atoms with van der Waals surface area (Å²) in [5, 5.41) is 2.68. The number of ether oxygens (including phenoxy) is 1. The Morgan fingerprint density at radius 1 is 0.921 bits per heavy atom. The van der Waals surface area contributed by atoms with E-state index in [0.29, 0.717) is 18.8 Å². The Hall–Kier alpha value is -3.41. The van der Waals surface area contributed by atoms with Crippen LogP contribution in [0.4, 0.5) is 11.4 Å². The smallest absolute Gasteiger partial charge is 0.264 e. The lowest BCUT2D eigenvalue weighted by Gasteiger charge is -2.26. The summed E-state index contributed by atoms with van der Waals surface area (Å²) >= 11 is 0. The van der Waals surface area contributed by atoms with Gasteiger partial charge in [-0.15, -0.1) is 0 Å². The largest absolute Gasteiger partial charge is 0.495 e. The van der Waals surface area contributed by atoms with Crippen molar-refractivity contribution in [3.05, 3.63) is 77.9 Å². The summed E-state index contributed by atoms with van der Waals surface area (Å²) in [4.78, 5) is 13.0. The Bertz CT molecular complexity index is 1530. The molecule has 3 aromatic carbocycles. The predicted octanol–water partition coefficient (Wildman–Crippen LogP) is 4.26. The monoisotopic (exact) mass is 557 g/mol. The van der Waals surface area contributed by atoms with Crippen LogP contribution in [0.5, 0.6) is 5.75 Å². The van der Waals surface area contributed by atoms with Crippen molar-refractivity contribution in [1.29, 1.82) is 0 Å². The molecule has 1 heterocycles. The summed E-state index contributed by atoms with van der Waals surface area (Å²) in [6, 6.07) is 17.2. The van der Waals surface area contributed by atoms with Gasteiger partial charge in [0.1, 0.15) is 10.6 Å². The molecule has 38 heavy (non-hydrogen) atoms. The summed E-state index contributed by atoms with van der Waals surface area (Å²) in [7, 11) is -4.91. The third-order valence-electron chi connectivity index (χ3n) is 6.51. The maximum absolute atomic E-state index is 13.3. The lowest BCUT2D eigenvalue weighted by molar-refractivity contribution is 0.102. The topological polar surface area (TPSA) is 113 Å². The molecule has 0 saturated carbocycles. The molecule has 3 aromatic rings. The van der Waals surface area contributed by atoms with Gasteiger partial charge in [-0.2, -0.15) is 4.31 Å². The van der Waals surface area contributed by atoms with Crippen molar-refractivity contribution in [2.24, 2.45) is 0 Å². The minimum atomic E-state index is -3.93. The zero-order chi connectivity index (χ0) is 27.5. The molecule has 1 fully saturated rings. The first-order chi connectivity index (χ1) is 18.0. The number of carbonyl (C=O) groups excluding carboxylic acids is 1. The zero-order valence-electron chi connectivity index (χ0n) is 21.5. The summed E-state index contributed by atoms with van der Waals surface area (Å²) < 4.78 is 60.9. The minimum absolute atomic E-state index is 0.0317. The van der Waals surface area contributed by atoms with Gasteiger partial charge in [0.2, 0.25) is 10.0 Å². The summed E-state index contributed by atoms with van der Waals surface area (Å²) in [6.45, 7) is 2.77. The van der Waals surface area contributed by atoms with E-state index in [1.54, 1.807) is 12.1 Å². The van der Waals surface area contributed by atoms with E-state index in [2.05, 4.69) is 5.32 Å². The molecule has 1 aliphatic heterocycles. The fourth-order valence-electron chi connectivity index (χ4n) is 4.25. The van der Waals surface area contributed by atoms with Gasteiger partial charge >= 0.3 is 0 Å². The normalized spacial score (nSPS) is 14.6. The molecule has 0 unspecified atom stereocenters. The molecule has 11 heteroatoms. The van der Waals surface area contributed by atoms with Crippen LogP contribution in [0.2, 0.25) is 0 Å². The van der Waals surface area contributed by atoms with Crippen LogP contribution in [0.3, 0.4) is 0 Å². The standard InChI is InChI=1S/C27H31N3O6S2/c1-20-10-13-23(14-11-20)29(2)37(32,33)24-9-7-8-21(18-24)27(31)28-22-12-15-25(36-3)26(19-22)38(34,35)30-16-5-4-6-17-30/h7-15,18-19H,4-6,16-17H2,1-3H3,(H,28,31). The number of aryl methyl sites for hydroxylation is 1. The Morgan fingerprint density at radius 3 is 2.26 bits per heavy atom. The molecule has 1 amide bonds. The molecule has 0 bridgehead atoms. The number of sulfonamides is 2. The van der Waals surface area contributed by atoms with Crippen LogP contribution in [0.25, 0.3) is 0 Å². The van der Waals surface area contributed by atoms with Crippen LogP contribution in [0, 0.1) is 6.92 Å². The van der Waals surface area contributed by atoms with Gasteiger partial charge in [-0.25, -0.2) is 16.8 Å². The van der Waals surface area contributed by atoms with E-state index in [1.807, 2.05) is 19.1 Å². The highest BCUT2D eigenvalue weighted by molar-refractivity contribution is 7.92. The molecular formula is C27H31N3O6S2. The first kappa shape index (κ1) is 27.6. The molecule has 0 radical (unpaired) electrons. The second-order valence-electron chi connectivity index (χ2n) is 9.12. The van der Waals surface area contributed by atoms with E-state index >= 15 is 0 Å². The average molecular weight is 558 g/mol. The summed E-state index contributed by atoms with van der Waals surface area (Å²) in [5.74, 6) is -0.396. The van der Waals surface area contributed by atoms with Crippen molar-refractivity contribution in [2.45, 2.75) is 36.0 Å². The van der Waals surface area contributed by atoms with Gasteiger partial charge in [-0.3, -0.25) is 9.10 Å². The Kier molecular flexibility index (Phi) is 8.10. The Morgan fingerprint density at radius 2 is 1.61 bits per heavy atom. The molecule has 1 N–H and O–H groups in total. The number of nitrogens with zero attached hydrogens (tertiary/aromatic N) is 2. The lowest BCUT2D eigenvalue weighted by Crippen LogP contribution is -2.35. The quantitative estimate of drug-likeness (QED) is 0.443. The fraction of sp³-hybridized carbons (Fsp3) is 0.296. The summed E-state index contributed by atoms with van der Waals surface area (Å²) in [5.41, 5.74) is 1.85. The number of rotatable bonds is 8. The maximum Gasteiger partial charge on any atom is 0.264 e. The number of nitrogens with one attached hydrogen (secondary N) is 1. The van der Waals surface area contributed by atoms with Gasteiger partial charge in [-0.1, -0.05) is 30.2 Å². The van der Waals surface area contributed by atoms with Crippen LogP contribution in [0.1, 0.15) is 35.2 Å². The molecule has 0 spiro atoms. The third-order valence-corrected chi connectivity index (χ3v) is 10.2. The molecule has 1 aliphatic rings. The molecular weight excluding hydrogens is 526 g/mol. The van der Waals surface area contributed by atoms with Gasteiger partial charge in [0.15, 0.2) is 0 Å². The Balaban J connectivity index is 1.59. The average Bonchev–Trinajstić information content (AvgIpc) is 2.93. The van der Waals surface area contributed by atoms with Gasteiger partial charge in [0.05, 0.1) is 17.7 Å². The van der Waals surface area contributed by atoms with E-state index in [-0.39, 0.29) is 26.8 Å². The van der Waals surface area contributed by atoms with Gasteiger partial charge in [0, 0.05) is 31.4 Å². The van der Waals surface area contributed by atoms with E-state index in [9.17, 15) is 21.6 Å². The number of anilines is 2. The van der Waals surface area contributed by atoms with Crippen molar-refractivity contribution in [2.75, 3.05) is 36.9 Å². The summed E-state index contributed by atoms with van der Waals surface area (Å²) in [6.07, 6.45) is 2.56. The van der Waals surface area contributed by atoms with Crippen LogP contribution in [-0.2, 0) is 20.0 Å². The molecule has 0 aliphatic carbocycles. The molecule has 1 saturated heterocycles. The number of methoxy groups -OCH3 is 1. The molecule has 0 aromatic heterocycles. The van der Waals surface area contributed by atoms with Gasteiger partial charge in [-0.05, 0) is 68.3 Å². The van der Waals surface area contributed by atoms with Crippen molar-refractivity contribution in [1.82, 2.24) is 4.31 Å². The van der Waals surface area contributed by atoms with Crippen molar-refractivity contribution < 1.29 is 26.4 Å². The number of hydrogen-bond acceptors (Lipinski definition) is 6. The highest BCUT2D eigenvalue weighted by Gasteiger charge is 2.29. The molecule has 9 nitrogen and oxygen atoms in total. The number of carbonyl (C=O) groups is 1. The van der Waals surface area contributed by atoms with E-state index < -0.39 is 26.0 Å². The number of benzene rings is 3. The maximum atomic E-state index is 13.3. The first-order valence-corrected chi connectivity index (χ1v) is 15.1. The number of piperidine rings is 1. The molecule has 202 valence electrons. The van der Waals surface area contributed by atoms with Gasteiger partial charge in [0.25, 0.3) is 15.9 Å². The fourth-order valence-corrected chi connectivity index (χ4v) is 7.19. The van der Waals surface area contributed by atoms with Crippen LogP contribution in [-0.4, -0.2) is 54.3 Å². The van der Waals surface area contributed by atoms with Crippen LogP contribution < -0.4 is 14.4 Å². The zero-order valence-corrected chi connectivity index (χ0v) is 23.2. The van der Waals surface area contributed by atoms with Gasteiger partial charge < -0.3 is 10.1 Å². The third kappa shape index (κ3) is 5.69. The van der Waals surface area contributed by atoms with Crippen LogP contribution in [0.15, 0.2) is 76.5 Å². The minimum Gasteiger partial charge on any atom is -0.495 e. The van der Waals surface area contributed by atoms with Crippen molar-refractivity contribution in [3.8, 4) is 5.75 Å². The predicted molar refractivity (Wildman–Crippen MR) is 147 cm³/mol. The lowest BCUT2D eigenvalue weighted by atomic mass is 10.2. The SMILES string of the molecule is COc1ccc(NC(=O)c2cccc(S(=O)(=O)N(C)c3ccc(C)cc3)c2)cc1S(=O)(=O)N1CCCCC1. The van der Waals surface area contributed by atoms with E-state index in [4.69, 9.17) is 4.74 Å². The highest BCUT2D eigenvalue weighted by atomic mass is 32.2. The van der Waals surface area contributed by atoms with E-state index in [0.717, 1.165) is 29.1 Å². The number of amides is 1. The molecule has 0 atom stereocenters. The number of hydrogen-bond donors (Lipinski definition) is 1. The second kappa shape index (κ2) is 11.1. The van der Waals surface area contributed by atoms with Crippen molar-refractivity contribution in [3.63, 3.8) is 0 Å².